The van der Waals surface area contributed by atoms with Crippen molar-refractivity contribution in [1.82, 2.24) is 9.80 Å². The van der Waals surface area contributed by atoms with Gasteiger partial charge in [-0.1, -0.05) is 0 Å². The van der Waals surface area contributed by atoms with Crippen LogP contribution in [0.25, 0.3) is 0 Å². The summed E-state index contributed by atoms with van der Waals surface area (Å²) in [6.45, 7) is 10.5. The monoisotopic (exact) mass is 214 g/mol. The lowest BCUT2D eigenvalue weighted by Crippen LogP contribution is -2.51. The molecule has 4 heteroatoms. The number of nitrogens with zero attached hydrogens (tertiary/aromatic N) is 2. The zero-order valence-electron chi connectivity index (χ0n) is 9.94. The minimum Gasteiger partial charge on any atom is -0.481 e. The van der Waals surface area contributed by atoms with Gasteiger partial charge in [0.05, 0.1) is 6.42 Å². The molecule has 1 unspecified atom stereocenters. The molecule has 0 bridgehead atoms. The Hall–Kier alpha value is -0.610. The first kappa shape index (κ1) is 12.5. The highest BCUT2D eigenvalue weighted by atomic mass is 16.4. The van der Waals surface area contributed by atoms with E-state index >= 15 is 0 Å². The van der Waals surface area contributed by atoms with E-state index in [1.54, 1.807) is 0 Å². The van der Waals surface area contributed by atoms with Crippen LogP contribution in [0.3, 0.4) is 0 Å². The van der Waals surface area contributed by atoms with Crippen LogP contribution in [0, 0.1) is 0 Å². The van der Waals surface area contributed by atoms with Gasteiger partial charge in [0.1, 0.15) is 0 Å². The van der Waals surface area contributed by atoms with Gasteiger partial charge in [0.15, 0.2) is 0 Å². The maximum absolute atomic E-state index is 10.6. The first-order valence-electron chi connectivity index (χ1n) is 5.70. The van der Waals surface area contributed by atoms with Crippen molar-refractivity contribution in [1.29, 1.82) is 0 Å². The number of carboxylic acid groups (broad SMARTS) is 1. The summed E-state index contributed by atoms with van der Waals surface area (Å²) in [7, 11) is 0. The maximum Gasteiger partial charge on any atom is 0.304 e. The number of piperazine rings is 1. The molecule has 1 aliphatic rings. The molecule has 1 saturated heterocycles. The quantitative estimate of drug-likeness (QED) is 0.754. The van der Waals surface area contributed by atoms with E-state index in [0.29, 0.717) is 6.04 Å². The van der Waals surface area contributed by atoms with Crippen molar-refractivity contribution in [3.05, 3.63) is 0 Å². The van der Waals surface area contributed by atoms with Crippen molar-refractivity contribution in [3.8, 4) is 0 Å². The fourth-order valence-corrected chi connectivity index (χ4v) is 2.08. The van der Waals surface area contributed by atoms with Gasteiger partial charge in [0.25, 0.3) is 0 Å². The Morgan fingerprint density at radius 2 is 1.60 bits per heavy atom. The lowest BCUT2D eigenvalue weighted by molar-refractivity contribution is -0.138. The number of carbonyl (C=O) groups is 1. The second-order valence-corrected chi connectivity index (χ2v) is 4.61. The van der Waals surface area contributed by atoms with Crippen molar-refractivity contribution in [3.63, 3.8) is 0 Å². The van der Waals surface area contributed by atoms with E-state index in [4.69, 9.17) is 5.11 Å². The highest BCUT2D eigenvalue weighted by Crippen LogP contribution is 2.10. The molecule has 15 heavy (non-hydrogen) atoms. The van der Waals surface area contributed by atoms with Crippen molar-refractivity contribution in [2.75, 3.05) is 26.2 Å². The molecule has 1 rings (SSSR count). The van der Waals surface area contributed by atoms with Gasteiger partial charge in [-0.15, -0.1) is 0 Å². The third-order valence-corrected chi connectivity index (χ3v) is 3.17. The first-order chi connectivity index (χ1) is 7.00. The molecule has 0 saturated carbocycles. The third kappa shape index (κ3) is 3.80. The van der Waals surface area contributed by atoms with Crippen LogP contribution in [0.5, 0.6) is 0 Å². The molecule has 0 amide bonds. The van der Waals surface area contributed by atoms with Crippen LogP contribution in [-0.4, -0.2) is 59.1 Å². The van der Waals surface area contributed by atoms with E-state index in [-0.39, 0.29) is 12.5 Å². The van der Waals surface area contributed by atoms with Gasteiger partial charge in [-0.2, -0.15) is 0 Å². The molecule has 1 aliphatic heterocycles. The van der Waals surface area contributed by atoms with Gasteiger partial charge >= 0.3 is 5.97 Å². The number of aliphatic carboxylic acids is 1. The molecular weight excluding hydrogens is 192 g/mol. The summed E-state index contributed by atoms with van der Waals surface area (Å²) in [5, 5.41) is 8.72. The zero-order valence-corrected chi connectivity index (χ0v) is 9.94. The van der Waals surface area contributed by atoms with E-state index in [9.17, 15) is 4.79 Å². The molecule has 88 valence electrons. The van der Waals surface area contributed by atoms with Crippen LogP contribution in [0.2, 0.25) is 0 Å². The van der Waals surface area contributed by atoms with Gasteiger partial charge in [0.2, 0.25) is 0 Å². The molecule has 1 N–H and O–H groups in total. The van der Waals surface area contributed by atoms with Crippen LogP contribution in [0.15, 0.2) is 0 Å². The smallest absolute Gasteiger partial charge is 0.304 e. The highest BCUT2D eigenvalue weighted by Gasteiger charge is 2.23. The Labute approximate surface area is 91.9 Å². The summed E-state index contributed by atoms with van der Waals surface area (Å²) in [6.07, 6.45) is 0.252. The number of rotatable bonds is 4. The Morgan fingerprint density at radius 1 is 1.13 bits per heavy atom. The Morgan fingerprint density at radius 3 is 2.00 bits per heavy atom. The SMILES string of the molecule is CC(C)N1CCN(C(C)CC(=O)O)CC1. The predicted molar refractivity (Wildman–Crippen MR) is 60.0 cm³/mol. The summed E-state index contributed by atoms with van der Waals surface area (Å²) in [5.41, 5.74) is 0. The lowest BCUT2D eigenvalue weighted by atomic mass is 10.1. The standard InChI is InChI=1S/C11H22N2O2/c1-9(2)12-4-6-13(7-5-12)10(3)8-11(14)15/h9-10H,4-8H2,1-3H3,(H,14,15). The summed E-state index contributed by atoms with van der Waals surface area (Å²) in [4.78, 5) is 15.3. The van der Waals surface area contributed by atoms with Crippen molar-refractivity contribution in [2.45, 2.75) is 39.3 Å². The van der Waals surface area contributed by atoms with Crippen molar-refractivity contribution < 1.29 is 9.90 Å². The van der Waals surface area contributed by atoms with Gasteiger partial charge in [0, 0.05) is 38.3 Å². The second-order valence-electron chi connectivity index (χ2n) is 4.61. The molecule has 1 atom stereocenters. The fourth-order valence-electron chi connectivity index (χ4n) is 2.08. The Balaban J connectivity index is 2.33. The lowest BCUT2D eigenvalue weighted by Gasteiger charge is -2.39. The second kappa shape index (κ2) is 5.47. The zero-order chi connectivity index (χ0) is 11.4. The van der Waals surface area contributed by atoms with Crippen molar-refractivity contribution >= 4 is 5.97 Å². The Bertz CT molecular complexity index is 211. The van der Waals surface area contributed by atoms with Gasteiger partial charge < -0.3 is 5.11 Å². The summed E-state index contributed by atoms with van der Waals surface area (Å²) < 4.78 is 0. The van der Waals surface area contributed by atoms with Crippen molar-refractivity contribution in [2.24, 2.45) is 0 Å². The molecule has 4 nitrogen and oxygen atoms in total. The maximum atomic E-state index is 10.6. The molecule has 1 fully saturated rings. The van der Waals surface area contributed by atoms with E-state index in [2.05, 4.69) is 23.6 Å². The van der Waals surface area contributed by atoms with Gasteiger partial charge in [-0.05, 0) is 20.8 Å². The largest absolute Gasteiger partial charge is 0.481 e. The molecule has 0 radical (unpaired) electrons. The topological polar surface area (TPSA) is 43.8 Å². The average molecular weight is 214 g/mol. The van der Waals surface area contributed by atoms with Gasteiger partial charge in [-0.25, -0.2) is 0 Å². The molecule has 0 aromatic heterocycles. The number of carboxylic acids is 1. The molecule has 0 aromatic carbocycles. The normalized spacial score (nSPS) is 21.9. The summed E-state index contributed by atoms with van der Waals surface area (Å²) in [6, 6.07) is 0.763. The molecule has 1 heterocycles. The summed E-state index contributed by atoms with van der Waals surface area (Å²) >= 11 is 0. The molecule has 0 spiro atoms. The third-order valence-electron chi connectivity index (χ3n) is 3.17. The van der Waals surface area contributed by atoms with Crippen LogP contribution >= 0.6 is 0 Å². The Kier molecular flexibility index (Phi) is 4.54. The molecule has 0 aromatic rings. The van der Waals surface area contributed by atoms with Crippen LogP contribution < -0.4 is 0 Å². The predicted octanol–water partition coefficient (Wildman–Crippen LogP) is 0.876. The van der Waals surface area contributed by atoms with E-state index < -0.39 is 5.97 Å². The number of hydrogen-bond donors (Lipinski definition) is 1. The van der Waals surface area contributed by atoms with Gasteiger partial charge in [-0.3, -0.25) is 14.6 Å². The summed E-state index contributed by atoms with van der Waals surface area (Å²) in [5.74, 6) is -0.700. The first-order valence-corrected chi connectivity index (χ1v) is 5.70. The molecule has 0 aliphatic carbocycles. The van der Waals surface area contributed by atoms with E-state index in [1.807, 2.05) is 6.92 Å². The molecular formula is C11H22N2O2. The number of hydrogen-bond acceptors (Lipinski definition) is 3. The minimum atomic E-state index is -0.700. The van der Waals surface area contributed by atoms with E-state index in [1.165, 1.54) is 0 Å². The minimum absolute atomic E-state index is 0.164. The van der Waals surface area contributed by atoms with Crippen LogP contribution in [0.4, 0.5) is 0 Å². The van der Waals surface area contributed by atoms with E-state index in [0.717, 1.165) is 26.2 Å². The van der Waals surface area contributed by atoms with Crippen LogP contribution in [-0.2, 0) is 4.79 Å². The van der Waals surface area contributed by atoms with Crippen LogP contribution in [0.1, 0.15) is 27.2 Å². The average Bonchev–Trinajstić information content (AvgIpc) is 2.17. The fraction of sp³-hybridized carbons (Fsp3) is 0.909. The highest BCUT2D eigenvalue weighted by molar-refractivity contribution is 5.67.